The van der Waals surface area contributed by atoms with Crippen molar-refractivity contribution in [3.8, 4) is 0 Å². The van der Waals surface area contributed by atoms with Crippen molar-refractivity contribution in [3.63, 3.8) is 0 Å². The van der Waals surface area contributed by atoms with E-state index in [2.05, 4.69) is 24.1 Å². The minimum absolute atomic E-state index is 0.485. The normalized spacial score (nSPS) is 34.6. The summed E-state index contributed by atoms with van der Waals surface area (Å²) in [7, 11) is 0. The standard InChI is InChI=1S/C14H28N2O/c1-3-8-15-10-13-5-4-9-16(13)11-14-7-6-12(2)17-14/h12-15H,3-11H2,1-2H3. The average molecular weight is 240 g/mol. The highest BCUT2D eigenvalue weighted by atomic mass is 16.5. The van der Waals surface area contributed by atoms with E-state index in [4.69, 9.17) is 4.74 Å². The van der Waals surface area contributed by atoms with Crippen molar-refractivity contribution >= 4 is 0 Å². The molecule has 2 saturated heterocycles. The zero-order chi connectivity index (χ0) is 12.1. The van der Waals surface area contributed by atoms with Gasteiger partial charge >= 0.3 is 0 Å². The molecule has 2 fully saturated rings. The molecule has 100 valence electrons. The third-order valence-corrected chi connectivity index (χ3v) is 4.06. The summed E-state index contributed by atoms with van der Waals surface area (Å²) < 4.78 is 5.94. The molecule has 0 saturated carbocycles. The largest absolute Gasteiger partial charge is 0.374 e. The van der Waals surface area contributed by atoms with Crippen molar-refractivity contribution in [1.82, 2.24) is 10.2 Å². The van der Waals surface area contributed by atoms with Crippen molar-refractivity contribution in [2.45, 2.75) is 64.2 Å². The second-order valence-corrected chi connectivity index (χ2v) is 5.64. The molecule has 0 radical (unpaired) electrons. The fraction of sp³-hybridized carbons (Fsp3) is 1.00. The van der Waals surface area contributed by atoms with Gasteiger partial charge < -0.3 is 10.1 Å². The summed E-state index contributed by atoms with van der Waals surface area (Å²) in [5.41, 5.74) is 0. The number of ether oxygens (including phenoxy) is 1. The van der Waals surface area contributed by atoms with Gasteiger partial charge in [-0.2, -0.15) is 0 Å². The maximum Gasteiger partial charge on any atom is 0.0706 e. The van der Waals surface area contributed by atoms with E-state index in [1.807, 2.05) is 0 Å². The summed E-state index contributed by atoms with van der Waals surface area (Å²) in [6.07, 6.45) is 7.44. The number of rotatable bonds is 6. The number of likely N-dealkylation sites (tertiary alicyclic amines) is 1. The predicted octanol–water partition coefficient (Wildman–Crippen LogP) is 2.02. The van der Waals surface area contributed by atoms with Gasteiger partial charge in [0.05, 0.1) is 12.2 Å². The molecular weight excluding hydrogens is 212 g/mol. The van der Waals surface area contributed by atoms with Crippen LogP contribution in [0.4, 0.5) is 0 Å². The first-order valence-corrected chi connectivity index (χ1v) is 7.39. The van der Waals surface area contributed by atoms with Crippen LogP contribution >= 0.6 is 0 Å². The quantitative estimate of drug-likeness (QED) is 0.719. The molecule has 2 heterocycles. The summed E-state index contributed by atoms with van der Waals surface area (Å²) >= 11 is 0. The number of hydrogen-bond acceptors (Lipinski definition) is 3. The van der Waals surface area contributed by atoms with Crippen LogP contribution in [-0.4, -0.2) is 49.3 Å². The maximum absolute atomic E-state index is 5.94. The molecule has 0 amide bonds. The van der Waals surface area contributed by atoms with Crippen LogP contribution in [0.25, 0.3) is 0 Å². The van der Waals surface area contributed by atoms with Crippen molar-refractivity contribution < 1.29 is 4.74 Å². The summed E-state index contributed by atoms with van der Waals surface area (Å²) in [6.45, 7) is 9.17. The molecule has 3 nitrogen and oxygen atoms in total. The smallest absolute Gasteiger partial charge is 0.0706 e. The lowest BCUT2D eigenvalue weighted by atomic mass is 10.1. The Bertz CT molecular complexity index is 222. The van der Waals surface area contributed by atoms with Gasteiger partial charge in [-0.1, -0.05) is 6.92 Å². The Morgan fingerprint density at radius 2 is 2.18 bits per heavy atom. The molecule has 0 aromatic carbocycles. The van der Waals surface area contributed by atoms with Gasteiger partial charge in [0.2, 0.25) is 0 Å². The van der Waals surface area contributed by atoms with E-state index in [1.54, 1.807) is 0 Å². The van der Waals surface area contributed by atoms with Crippen molar-refractivity contribution in [3.05, 3.63) is 0 Å². The molecule has 3 unspecified atom stereocenters. The molecule has 0 spiro atoms. The van der Waals surface area contributed by atoms with Crippen LogP contribution in [0, 0.1) is 0 Å². The van der Waals surface area contributed by atoms with Crippen LogP contribution in [0.1, 0.15) is 46.0 Å². The second kappa shape index (κ2) is 6.72. The van der Waals surface area contributed by atoms with Gasteiger partial charge in [-0.05, 0) is 52.1 Å². The van der Waals surface area contributed by atoms with Crippen LogP contribution in [0.5, 0.6) is 0 Å². The zero-order valence-electron chi connectivity index (χ0n) is 11.5. The van der Waals surface area contributed by atoms with Crippen LogP contribution in [0.3, 0.4) is 0 Å². The van der Waals surface area contributed by atoms with Crippen molar-refractivity contribution in [2.24, 2.45) is 0 Å². The van der Waals surface area contributed by atoms with Crippen LogP contribution in [0.15, 0.2) is 0 Å². The Balaban J connectivity index is 1.71. The second-order valence-electron chi connectivity index (χ2n) is 5.64. The minimum Gasteiger partial charge on any atom is -0.374 e. The molecule has 0 aromatic rings. The Morgan fingerprint density at radius 3 is 2.88 bits per heavy atom. The molecule has 0 aromatic heterocycles. The predicted molar refractivity (Wildman–Crippen MR) is 71.3 cm³/mol. The maximum atomic E-state index is 5.94. The summed E-state index contributed by atoms with van der Waals surface area (Å²) in [6, 6.07) is 0.751. The highest BCUT2D eigenvalue weighted by Gasteiger charge is 2.29. The van der Waals surface area contributed by atoms with E-state index < -0.39 is 0 Å². The fourth-order valence-corrected chi connectivity index (χ4v) is 3.09. The first-order valence-electron chi connectivity index (χ1n) is 7.39. The number of nitrogens with one attached hydrogen (secondary N) is 1. The van der Waals surface area contributed by atoms with Gasteiger partial charge in [0.1, 0.15) is 0 Å². The van der Waals surface area contributed by atoms with E-state index in [9.17, 15) is 0 Å². The van der Waals surface area contributed by atoms with Crippen LogP contribution in [0.2, 0.25) is 0 Å². The summed E-state index contributed by atoms with van der Waals surface area (Å²) in [4.78, 5) is 2.64. The highest BCUT2D eigenvalue weighted by molar-refractivity contribution is 4.84. The van der Waals surface area contributed by atoms with E-state index in [0.29, 0.717) is 12.2 Å². The molecule has 0 aliphatic carbocycles. The van der Waals surface area contributed by atoms with Gasteiger partial charge in [-0.3, -0.25) is 4.90 Å². The molecule has 3 atom stereocenters. The Labute approximate surface area is 106 Å². The molecular formula is C14H28N2O. The van der Waals surface area contributed by atoms with Gasteiger partial charge in [0.25, 0.3) is 0 Å². The molecule has 3 heteroatoms. The molecule has 1 N–H and O–H groups in total. The third kappa shape index (κ3) is 3.94. The molecule has 17 heavy (non-hydrogen) atoms. The molecule has 0 bridgehead atoms. The monoisotopic (exact) mass is 240 g/mol. The van der Waals surface area contributed by atoms with E-state index in [1.165, 1.54) is 38.6 Å². The molecule has 2 aliphatic rings. The number of nitrogens with zero attached hydrogens (tertiary/aromatic N) is 1. The molecule has 2 rings (SSSR count). The van der Waals surface area contributed by atoms with Crippen molar-refractivity contribution in [2.75, 3.05) is 26.2 Å². The van der Waals surface area contributed by atoms with Crippen LogP contribution < -0.4 is 5.32 Å². The summed E-state index contributed by atoms with van der Waals surface area (Å²) in [5, 5.41) is 3.56. The highest BCUT2D eigenvalue weighted by Crippen LogP contribution is 2.23. The fourth-order valence-electron chi connectivity index (χ4n) is 3.09. The first kappa shape index (κ1) is 13.3. The van der Waals surface area contributed by atoms with Gasteiger partial charge in [0.15, 0.2) is 0 Å². The minimum atomic E-state index is 0.485. The van der Waals surface area contributed by atoms with Gasteiger partial charge in [-0.25, -0.2) is 0 Å². The van der Waals surface area contributed by atoms with Gasteiger partial charge in [-0.15, -0.1) is 0 Å². The lowest BCUT2D eigenvalue weighted by Gasteiger charge is -2.27. The summed E-state index contributed by atoms with van der Waals surface area (Å²) in [5.74, 6) is 0. The zero-order valence-corrected chi connectivity index (χ0v) is 11.5. The third-order valence-electron chi connectivity index (χ3n) is 4.06. The SMILES string of the molecule is CCCNCC1CCCN1CC1CCC(C)O1. The lowest BCUT2D eigenvalue weighted by Crippen LogP contribution is -2.41. The average Bonchev–Trinajstić information content (AvgIpc) is 2.90. The van der Waals surface area contributed by atoms with E-state index >= 15 is 0 Å². The van der Waals surface area contributed by atoms with Gasteiger partial charge in [0, 0.05) is 19.1 Å². The van der Waals surface area contributed by atoms with E-state index in [0.717, 1.165) is 25.7 Å². The Hall–Kier alpha value is -0.120. The van der Waals surface area contributed by atoms with E-state index in [-0.39, 0.29) is 0 Å². The van der Waals surface area contributed by atoms with Crippen LogP contribution in [-0.2, 0) is 4.74 Å². The lowest BCUT2D eigenvalue weighted by molar-refractivity contribution is 0.0288. The Morgan fingerprint density at radius 1 is 1.29 bits per heavy atom. The number of hydrogen-bond donors (Lipinski definition) is 1. The Kier molecular flexibility index (Phi) is 5.26. The van der Waals surface area contributed by atoms with Crippen molar-refractivity contribution in [1.29, 1.82) is 0 Å². The molecule has 2 aliphatic heterocycles. The first-order chi connectivity index (χ1) is 8.29. The topological polar surface area (TPSA) is 24.5 Å².